The van der Waals surface area contributed by atoms with E-state index in [0.29, 0.717) is 17.4 Å². The van der Waals surface area contributed by atoms with Crippen molar-refractivity contribution in [2.24, 2.45) is 51.8 Å². The Morgan fingerprint density at radius 1 is 0.919 bits per heavy atom. The molecule has 0 spiro atoms. The summed E-state index contributed by atoms with van der Waals surface area (Å²) in [5.41, 5.74) is 1.12. The lowest BCUT2D eigenvalue weighted by Crippen LogP contribution is -2.55. The maximum atomic E-state index is 12.7. The van der Waals surface area contributed by atoms with Crippen LogP contribution in [0, 0.1) is 51.8 Å². The number of piperidine rings is 1. The highest BCUT2D eigenvalue weighted by Gasteiger charge is 2.60. The summed E-state index contributed by atoms with van der Waals surface area (Å²) in [7, 11) is 0. The fourth-order valence-electron chi connectivity index (χ4n) is 11.0. The van der Waals surface area contributed by atoms with Gasteiger partial charge in [-0.3, -0.25) is 0 Å². The van der Waals surface area contributed by atoms with Crippen LogP contribution in [0.15, 0.2) is 0 Å². The van der Waals surface area contributed by atoms with Crippen molar-refractivity contribution in [3.8, 4) is 0 Å². The van der Waals surface area contributed by atoms with Gasteiger partial charge in [-0.25, -0.2) is 4.79 Å². The normalized spacial score (nSPS) is 43.0. The molecule has 5 fully saturated rings. The maximum absolute atomic E-state index is 12.7. The van der Waals surface area contributed by atoms with Crippen LogP contribution in [0.2, 0.25) is 0 Å². The van der Waals surface area contributed by atoms with Crippen molar-refractivity contribution < 1.29 is 14.6 Å². The monoisotopic (exact) mass is 515 g/mol. The molecule has 0 aromatic heterocycles. The molecule has 1 amide bonds. The minimum absolute atomic E-state index is 0.00897. The van der Waals surface area contributed by atoms with Crippen LogP contribution < -0.4 is 0 Å². The molecule has 4 heteroatoms. The zero-order valence-electron chi connectivity index (χ0n) is 24.6. The van der Waals surface area contributed by atoms with Gasteiger partial charge in [0.1, 0.15) is 0 Å². The molecule has 8 atom stereocenters. The van der Waals surface area contributed by atoms with Crippen LogP contribution in [-0.2, 0) is 4.74 Å². The second-order valence-corrected chi connectivity index (χ2v) is 14.7. The predicted octanol–water partition coefficient (Wildman–Crippen LogP) is 8.07. The molecule has 5 rings (SSSR count). The Balaban J connectivity index is 1.13. The number of hydrogen-bond acceptors (Lipinski definition) is 3. The summed E-state index contributed by atoms with van der Waals surface area (Å²) in [6, 6.07) is 0. The van der Waals surface area contributed by atoms with Crippen LogP contribution >= 0.6 is 0 Å². The number of likely N-dealkylation sites (tertiary alicyclic amines) is 1. The van der Waals surface area contributed by atoms with Gasteiger partial charge in [-0.15, -0.1) is 0 Å². The van der Waals surface area contributed by atoms with E-state index < -0.39 is 0 Å². The van der Waals surface area contributed by atoms with E-state index in [4.69, 9.17) is 4.74 Å². The molecule has 1 N–H and O–H groups in total. The van der Waals surface area contributed by atoms with E-state index >= 15 is 0 Å². The highest BCUT2D eigenvalue weighted by molar-refractivity contribution is 5.67. The molecule has 0 aromatic carbocycles. The topological polar surface area (TPSA) is 49.8 Å². The average molecular weight is 516 g/mol. The molecule has 212 valence electrons. The van der Waals surface area contributed by atoms with Crippen LogP contribution in [0.1, 0.15) is 124 Å². The smallest absolute Gasteiger partial charge is 0.409 e. The average Bonchev–Trinajstić information content (AvgIpc) is 3.26. The SMILES string of the molecule is CC[C@H]1CC2C3CCC(CCCOC(=O)N4CCC(CC)(CO)CC4)C3(C)CC[C@@H]2C2(C)CCCCC12. The van der Waals surface area contributed by atoms with Crippen molar-refractivity contribution in [2.45, 2.75) is 124 Å². The van der Waals surface area contributed by atoms with Gasteiger partial charge in [0, 0.05) is 19.7 Å². The third kappa shape index (κ3) is 4.89. The number of fused-ring (bicyclic) bond motifs is 5. The molecule has 0 aromatic rings. The summed E-state index contributed by atoms with van der Waals surface area (Å²) >= 11 is 0. The molecule has 0 radical (unpaired) electrons. The molecule has 0 bridgehead atoms. The lowest BCUT2D eigenvalue weighted by molar-refractivity contribution is -0.135. The van der Waals surface area contributed by atoms with Gasteiger partial charge < -0.3 is 14.7 Å². The summed E-state index contributed by atoms with van der Waals surface area (Å²) in [5, 5.41) is 9.77. The van der Waals surface area contributed by atoms with Crippen molar-refractivity contribution >= 4 is 6.09 Å². The molecule has 6 unspecified atom stereocenters. The van der Waals surface area contributed by atoms with Crippen LogP contribution in [0.25, 0.3) is 0 Å². The Morgan fingerprint density at radius 2 is 1.68 bits per heavy atom. The van der Waals surface area contributed by atoms with Gasteiger partial charge in [-0.1, -0.05) is 47.0 Å². The summed E-state index contributed by atoms with van der Waals surface area (Å²) in [6.07, 6.45) is 19.4. The number of rotatable bonds is 7. The lowest BCUT2D eigenvalue weighted by atomic mass is 9.42. The quantitative estimate of drug-likeness (QED) is 0.349. The van der Waals surface area contributed by atoms with Gasteiger partial charge in [-0.05, 0) is 129 Å². The first kappa shape index (κ1) is 27.8. The van der Waals surface area contributed by atoms with E-state index in [1.807, 2.05) is 4.90 Å². The lowest BCUT2D eigenvalue weighted by Gasteiger charge is -2.62. The van der Waals surface area contributed by atoms with E-state index in [0.717, 1.165) is 74.3 Å². The summed E-state index contributed by atoms with van der Waals surface area (Å²) in [5.74, 6) is 5.61. The number of hydrogen-bond donors (Lipinski definition) is 1. The van der Waals surface area contributed by atoms with E-state index in [1.54, 1.807) is 0 Å². The zero-order valence-corrected chi connectivity index (χ0v) is 24.6. The highest BCUT2D eigenvalue weighted by Crippen LogP contribution is 2.69. The fraction of sp³-hybridized carbons (Fsp3) is 0.970. The first-order valence-corrected chi connectivity index (χ1v) is 16.3. The number of carbonyl (C=O) groups excluding carboxylic acids is 1. The minimum atomic E-state index is -0.137. The van der Waals surface area contributed by atoms with Gasteiger partial charge in [0.2, 0.25) is 0 Å². The Labute approximate surface area is 227 Å². The van der Waals surface area contributed by atoms with E-state index in [2.05, 4.69) is 27.7 Å². The second-order valence-electron chi connectivity index (χ2n) is 14.7. The molecule has 1 aliphatic heterocycles. The van der Waals surface area contributed by atoms with Crippen LogP contribution in [-0.4, -0.2) is 42.4 Å². The van der Waals surface area contributed by atoms with E-state index in [-0.39, 0.29) is 18.1 Å². The van der Waals surface area contributed by atoms with Gasteiger partial charge in [0.05, 0.1) is 6.61 Å². The van der Waals surface area contributed by atoms with Crippen molar-refractivity contribution in [1.82, 2.24) is 4.90 Å². The van der Waals surface area contributed by atoms with E-state index in [9.17, 15) is 9.90 Å². The Morgan fingerprint density at radius 3 is 2.38 bits per heavy atom. The van der Waals surface area contributed by atoms with Gasteiger partial charge in [0.15, 0.2) is 0 Å². The molecule has 4 aliphatic carbocycles. The molecule has 5 aliphatic rings. The molecule has 1 saturated heterocycles. The van der Waals surface area contributed by atoms with Gasteiger partial charge in [-0.2, -0.15) is 0 Å². The van der Waals surface area contributed by atoms with Crippen molar-refractivity contribution in [2.75, 3.05) is 26.3 Å². The fourth-order valence-corrected chi connectivity index (χ4v) is 11.0. The molecule has 37 heavy (non-hydrogen) atoms. The molecule has 4 saturated carbocycles. The summed E-state index contributed by atoms with van der Waals surface area (Å²) < 4.78 is 5.76. The van der Waals surface area contributed by atoms with Crippen LogP contribution in [0.3, 0.4) is 0 Å². The van der Waals surface area contributed by atoms with Gasteiger partial charge >= 0.3 is 6.09 Å². The molecular formula is C33H57NO3. The van der Waals surface area contributed by atoms with E-state index in [1.165, 1.54) is 70.6 Å². The summed E-state index contributed by atoms with van der Waals surface area (Å²) in [4.78, 5) is 14.5. The maximum Gasteiger partial charge on any atom is 0.409 e. The first-order valence-electron chi connectivity index (χ1n) is 16.3. The number of aliphatic hydroxyl groups is 1. The third-order valence-electron chi connectivity index (χ3n) is 13.6. The Kier molecular flexibility index (Phi) is 8.27. The Hall–Kier alpha value is -0.770. The number of ether oxygens (including phenoxy) is 1. The van der Waals surface area contributed by atoms with Crippen molar-refractivity contribution in [3.05, 3.63) is 0 Å². The molecular weight excluding hydrogens is 458 g/mol. The molecule has 1 heterocycles. The zero-order chi connectivity index (χ0) is 26.3. The first-order chi connectivity index (χ1) is 17.8. The van der Waals surface area contributed by atoms with Gasteiger partial charge in [0.25, 0.3) is 0 Å². The second kappa shape index (κ2) is 11.0. The van der Waals surface area contributed by atoms with Crippen LogP contribution in [0.5, 0.6) is 0 Å². The standard InChI is InChI=1S/C33H57NO3/c1-5-24-22-26-28-13-12-25(31(28,3)16-14-29(26)32(4)15-8-7-11-27(24)32)10-9-21-37-30(36)34-19-17-33(6-2,23-35)18-20-34/h24-29,35H,5-23H2,1-4H3/t24-,25?,26?,27?,28?,29-,31?,32?/m0/s1. The predicted molar refractivity (Wildman–Crippen MR) is 150 cm³/mol. The third-order valence-corrected chi connectivity index (χ3v) is 13.6. The minimum Gasteiger partial charge on any atom is -0.449 e. The number of aliphatic hydroxyl groups excluding tert-OH is 1. The molecule has 4 nitrogen and oxygen atoms in total. The Bertz CT molecular complexity index is 784. The summed E-state index contributed by atoms with van der Waals surface area (Å²) in [6.45, 7) is 12.2. The van der Waals surface area contributed by atoms with Crippen molar-refractivity contribution in [3.63, 3.8) is 0 Å². The number of nitrogens with zero attached hydrogens (tertiary/aromatic N) is 1. The largest absolute Gasteiger partial charge is 0.449 e. The van der Waals surface area contributed by atoms with Crippen LogP contribution in [0.4, 0.5) is 4.79 Å². The highest BCUT2D eigenvalue weighted by atomic mass is 16.6. The number of carbonyl (C=O) groups is 1. The van der Waals surface area contributed by atoms with Crippen molar-refractivity contribution in [1.29, 1.82) is 0 Å². The number of amides is 1.